The fourth-order valence-electron chi connectivity index (χ4n) is 3.79. The molecule has 1 fully saturated rings. The third-order valence-electron chi connectivity index (χ3n) is 5.38. The number of nitrogens with one attached hydrogen (secondary N) is 1. The van der Waals surface area contributed by atoms with Crippen LogP contribution in [0.2, 0.25) is 0 Å². The van der Waals surface area contributed by atoms with Gasteiger partial charge in [0.05, 0.1) is 16.0 Å². The first-order chi connectivity index (χ1) is 13.7. The molecule has 6 nitrogen and oxygen atoms in total. The summed E-state index contributed by atoms with van der Waals surface area (Å²) in [5.74, 6) is 1.75. The molecule has 0 aliphatic carbocycles. The predicted molar refractivity (Wildman–Crippen MR) is 113 cm³/mol. The Morgan fingerprint density at radius 1 is 1.18 bits per heavy atom. The second kappa shape index (κ2) is 8.75. The minimum absolute atomic E-state index is 0.0890. The molecule has 0 atom stereocenters. The molecule has 146 valence electrons. The van der Waals surface area contributed by atoms with Crippen molar-refractivity contribution in [2.75, 3.05) is 25.4 Å². The van der Waals surface area contributed by atoms with Crippen LogP contribution in [0.5, 0.6) is 0 Å². The largest absolute Gasteiger partial charge is 0.333 e. The van der Waals surface area contributed by atoms with Gasteiger partial charge in [0.15, 0.2) is 5.16 Å². The number of nitrogens with zero attached hydrogens (tertiary/aromatic N) is 3. The molecule has 1 N–H and O–H groups in total. The first-order valence-corrected chi connectivity index (χ1v) is 10.7. The highest BCUT2D eigenvalue weighted by molar-refractivity contribution is 7.99. The van der Waals surface area contributed by atoms with Gasteiger partial charge in [0, 0.05) is 24.4 Å². The van der Waals surface area contributed by atoms with Crippen LogP contribution in [0.3, 0.4) is 0 Å². The first-order valence-electron chi connectivity index (χ1n) is 9.70. The zero-order valence-electron chi connectivity index (χ0n) is 15.7. The number of thioether (sulfide) groups is 1. The molecule has 2 heterocycles. The summed E-state index contributed by atoms with van der Waals surface area (Å²) >= 11 is 1.68. The van der Waals surface area contributed by atoms with Crippen LogP contribution in [0, 0.1) is 16.0 Å². The summed E-state index contributed by atoms with van der Waals surface area (Å²) in [5, 5.41) is 11.7. The van der Waals surface area contributed by atoms with E-state index in [9.17, 15) is 10.1 Å². The molecule has 3 aromatic rings. The summed E-state index contributed by atoms with van der Waals surface area (Å²) in [6, 6.07) is 15.5. The third kappa shape index (κ3) is 4.72. The second-order valence-electron chi connectivity index (χ2n) is 7.32. The van der Waals surface area contributed by atoms with E-state index in [0.29, 0.717) is 0 Å². The number of aromatic amines is 1. The summed E-state index contributed by atoms with van der Waals surface area (Å²) in [6.45, 7) is 3.36. The highest BCUT2D eigenvalue weighted by atomic mass is 32.2. The Labute approximate surface area is 168 Å². The molecule has 7 heteroatoms. The van der Waals surface area contributed by atoms with Crippen LogP contribution in [0.1, 0.15) is 18.4 Å². The lowest BCUT2D eigenvalue weighted by Gasteiger charge is -2.31. The molecule has 0 bridgehead atoms. The molecule has 0 spiro atoms. The van der Waals surface area contributed by atoms with Crippen LogP contribution in [0.15, 0.2) is 53.7 Å². The molecule has 0 saturated carbocycles. The van der Waals surface area contributed by atoms with Crippen molar-refractivity contribution in [2.24, 2.45) is 5.92 Å². The fraction of sp³-hybridized carbons (Fsp3) is 0.381. The van der Waals surface area contributed by atoms with Crippen molar-refractivity contribution in [3.63, 3.8) is 0 Å². The standard InChI is InChI=1S/C21H24N4O2S/c26-25(27)18-6-7-19-20(15-18)23-21(22-19)28-13-12-24-10-8-17(9-11-24)14-16-4-2-1-3-5-16/h1-7,15,17H,8-14H2,(H,22,23). The highest BCUT2D eigenvalue weighted by Gasteiger charge is 2.19. The number of nitro groups is 1. The number of rotatable bonds is 7. The van der Waals surface area contributed by atoms with Crippen molar-refractivity contribution < 1.29 is 4.92 Å². The van der Waals surface area contributed by atoms with Crippen LogP contribution < -0.4 is 0 Å². The van der Waals surface area contributed by atoms with Gasteiger partial charge in [-0.1, -0.05) is 42.1 Å². The number of hydrogen-bond acceptors (Lipinski definition) is 5. The van der Waals surface area contributed by atoms with Crippen LogP contribution in [-0.2, 0) is 6.42 Å². The second-order valence-corrected chi connectivity index (χ2v) is 8.41. The Hall–Kier alpha value is -2.38. The maximum atomic E-state index is 10.9. The first kappa shape index (κ1) is 19.0. The van der Waals surface area contributed by atoms with Gasteiger partial charge in [-0.2, -0.15) is 0 Å². The fourth-order valence-corrected chi connectivity index (χ4v) is 4.68. The zero-order chi connectivity index (χ0) is 19.3. The number of piperidine rings is 1. The molecule has 0 amide bonds. The van der Waals surface area contributed by atoms with Crippen LogP contribution in [-0.4, -0.2) is 45.2 Å². The van der Waals surface area contributed by atoms with E-state index in [1.807, 2.05) is 0 Å². The third-order valence-corrected chi connectivity index (χ3v) is 6.23. The molecule has 1 saturated heterocycles. The topological polar surface area (TPSA) is 75.1 Å². The number of hydrogen-bond donors (Lipinski definition) is 1. The van der Waals surface area contributed by atoms with Crippen molar-refractivity contribution in [1.82, 2.24) is 14.9 Å². The predicted octanol–water partition coefficient (Wildman–Crippen LogP) is 4.52. The van der Waals surface area contributed by atoms with Gasteiger partial charge in [0.2, 0.25) is 0 Å². The highest BCUT2D eigenvalue weighted by Crippen LogP contribution is 2.25. The maximum Gasteiger partial charge on any atom is 0.271 e. The van der Waals surface area contributed by atoms with Crippen molar-refractivity contribution in [1.29, 1.82) is 0 Å². The minimum Gasteiger partial charge on any atom is -0.333 e. The SMILES string of the molecule is O=[N+]([O-])c1ccc2nc(SCCN3CCC(Cc4ccccc4)CC3)[nH]c2c1. The van der Waals surface area contributed by atoms with E-state index in [0.717, 1.165) is 47.5 Å². The van der Waals surface area contributed by atoms with Crippen molar-refractivity contribution in [3.8, 4) is 0 Å². The Kier molecular flexibility index (Phi) is 5.92. The zero-order valence-corrected chi connectivity index (χ0v) is 16.5. The average molecular weight is 397 g/mol. The van der Waals surface area contributed by atoms with Gasteiger partial charge in [-0.05, 0) is 49.9 Å². The van der Waals surface area contributed by atoms with E-state index >= 15 is 0 Å². The van der Waals surface area contributed by atoms with Crippen molar-refractivity contribution >= 4 is 28.5 Å². The lowest BCUT2D eigenvalue weighted by atomic mass is 9.90. The van der Waals surface area contributed by atoms with Crippen LogP contribution in [0.4, 0.5) is 5.69 Å². The summed E-state index contributed by atoms with van der Waals surface area (Å²) in [4.78, 5) is 20.7. The van der Waals surface area contributed by atoms with Gasteiger partial charge >= 0.3 is 0 Å². The summed E-state index contributed by atoms with van der Waals surface area (Å²) in [5.41, 5.74) is 3.03. The van der Waals surface area contributed by atoms with Gasteiger partial charge in [0.1, 0.15) is 0 Å². The molecule has 0 unspecified atom stereocenters. The molecule has 1 aromatic heterocycles. The number of non-ortho nitro benzene ring substituents is 1. The van der Waals surface area contributed by atoms with E-state index in [-0.39, 0.29) is 10.6 Å². The van der Waals surface area contributed by atoms with Gasteiger partial charge in [-0.25, -0.2) is 4.98 Å². The minimum atomic E-state index is -0.380. The Balaban J connectivity index is 1.22. The maximum absolute atomic E-state index is 10.9. The van der Waals surface area contributed by atoms with E-state index < -0.39 is 0 Å². The summed E-state index contributed by atoms with van der Waals surface area (Å²) < 4.78 is 0. The Morgan fingerprint density at radius 3 is 2.71 bits per heavy atom. The van der Waals surface area contributed by atoms with Crippen molar-refractivity contribution in [3.05, 3.63) is 64.2 Å². The van der Waals surface area contributed by atoms with Crippen molar-refractivity contribution in [2.45, 2.75) is 24.4 Å². The molecule has 1 aliphatic heterocycles. The quantitative estimate of drug-likeness (QED) is 0.361. The molecule has 4 rings (SSSR count). The number of nitro benzene ring substituents is 1. The molecular weight excluding hydrogens is 372 g/mol. The Bertz CT molecular complexity index is 936. The van der Waals surface area contributed by atoms with Crippen LogP contribution in [0.25, 0.3) is 11.0 Å². The normalized spacial score (nSPS) is 15.9. The number of benzene rings is 2. The van der Waals surface area contributed by atoms with Crippen LogP contribution >= 0.6 is 11.8 Å². The van der Waals surface area contributed by atoms with Gasteiger partial charge in [-0.15, -0.1) is 0 Å². The molecule has 2 aromatic carbocycles. The number of aromatic nitrogens is 2. The van der Waals surface area contributed by atoms with E-state index in [2.05, 4.69) is 45.2 Å². The molecular formula is C21H24N4O2S. The lowest BCUT2D eigenvalue weighted by Crippen LogP contribution is -2.35. The summed E-state index contributed by atoms with van der Waals surface area (Å²) in [7, 11) is 0. The number of fused-ring (bicyclic) bond motifs is 1. The molecule has 0 radical (unpaired) electrons. The smallest absolute Gasteiger partial charge is 0.271 e. The van der Waals surface area contributed by atoms with E-state index in [1.54, 1.807) is 23.9 Å². The average Bonchev–Trinajstić information content (AvgIpc) is 3.12. The lowest BCUT2D eigenvalue weighted by molar-refractivity contribution is -0.384. The Morgan fingerprint density at radius 2 is 1.96 bits per heavy atom. The number of imidazole rings is 1. The molecule has 1 aliphatic rings. The number of H-pyrrole nitrogens is 1. The number of likely N-dealkylation sites (tertiary alicyclic amines) is 1. The molecule has 28 heavy (non-hydrogen) atoms. The van der Waals surface area contributed by atoms with Gasteiger partial charge in [0.25, 0.3) is 5.69 Å². The summed E-state index contributed by atoms with van der Waals surface area (Å²) in [6.07, 6.45) is 3.70. The van der Waals surface area contributed by atoms with E-state index in [4.69, 9.17) is 0 Å². The monoisotopic (exact) mass is 396 g/mol. The van der Waals surface area contributed by atoms with E-state index in [1.165, 1.54) is 30.9 Å². The van der Waals surface area contributed by atoms with Gasteiger partial charge in [-0.3, -0.25) is 10.1 Å². The van der Waals surface area contributed by atoms with Gasteiger partial charge < -0.3 is 9.88 Å².